The van der Waals surface area contributed by atoms with Gasteiger partial charge in [-0.25, -0.2) is 14.1 Å². The Morgan fingerprint density at radius 1 is 1.39 bits per heavy atom. The van der Waals surface area contributed by atoms with Crippen LogP contribution >= 0.6 is 11.6 Å². The second kappa shape index (κ2) is 8.49. The summed E-state index contributed by atoms with van der Waals surface area (Å²) in [6, 6.07) is 5.21. The number of aromatic nitrogens is 4. The molecule has 4 rings (SSSR count). The summed E-state index contributed by atoms with van der Waals surface area (Å²) in [7, 11) is 0. The van der Waals surface area contributed by atoms with Crippen molar-refractivity contribution in [3.05, 3.63) is 40.7 Å². The van der Waals surface area contributed by atoms with Gasteiger partial charge in [-0.2, -0.15) is 10.1 Å². The van der Waals surface area contributed by atoms with Crippen LogP contribution in [0.5, 0.6) is 0 Å². The largest absolute Gasteiger partial charge is 0.381 e. The van der Waals surface area contributed by atoms with E-state index in [2.05, 4.69) is 26.9 Å². The lowest BCUT2D eigenvalue weighted by molar-refractivity contribution is 0.0662. The third-order valence-corrected chi connectivity index (χ3v) is 5.23. The van der Waals surface area contributed by atoms with Crippen molar-refractivity contribution in [2.45, 2.75) is 32.0 Å². The third kappa shape index (κ3) is 4.31. The number of nitrogen functional groups attached to an aromatic ring is 1. The van der Waals surface area contributed by atoms with E-state index in [9.17, 15) is 14.3 Å². The first-order chi connectivity index (χ1) is 14.8. The van der Waals surface area contributed by atoms with Gasteiger partial charge < -0.3 is 15.7 Å². The number of aliphatic hydroxyl groups is 1. The summed E-state index contributed by atoms with van der Waals surface area (Å²) >= 11 is 6.29. The monoisotopic (exact) mass is 442 g/mol. The van der Waals surface area contributed by atoms with Gasteiger partial charge in [0.1, 0.15) is 17.3 Å². The smallest absolute Gasteiger partial charge is 0.275 e. The number of aliphatic hydroxyl groups excluding tert-OH is 1. The number of carbonyl (C=O) groups excluding carboxylic acids is 1. The Morgan fingerprint density at radius 3 is 2.84 bits per heavy atom. The zero-order valence-electron chi connectivity index (χ0n) is 16.7. The second-order valence-corrected chi connectivity index (χ2v) is 7.71. The summed E-state index contributed by atoms with van der Waals surface area (Å²) in [5, 5.41) is 14.7. The van der Waals surface area contributed by atoms with Crippen molar-refractivity contribution in [1.29, 1.82) is 0 Å². The molecule has 31 heavy (non-hydrogen) atoms. The number of amides is 1. The van der Waals surface area contributed by atoms with E-state index in [4.69, 9.17) is 17.3 Å². The molecule has 0 saturated carbocycles. The first-order valence-electron chi connectivity index (χ1n) is 9.77. The van der Waals surface area contributed by atoms with Crippen LogP contribution in [0.25, 0.3) is 16.7 Å². The number of nitrogens with zero attached hydrogens (tertiary/aromatic N) is 5. The van der Waals surface area contributed by atoms with Gasteiger partial charge in [-0.15, -0.1) is 0 Å². The Bertz CT molecular complexity index is 1210. The van der Waals surface area contributed by atoms with Gasteiger partial charge in [0.05, 0.1) is 11.7 Å². The fourth-order valence-corrected chi connectivity index (χ4v) is 3.59. The SMILES string of the molecule is C[C@@H](O)C#Cc1ccc2c(C(=O)N3CCC(F)CC3)nn(-c3nc(N)ncc3Cl)c2c1. The molecule has 0 bridgehead atoms. The molecule has 1 fully saturated rings. The molecule has 160 valence electrons. The van der Waals surface area contributed by atoms with Crippen LogP contribution in [0, 0.1) is 11.8 Å². The number of rotatable bonds is 2. The number of alkyl halides is 1. The highest BCUT2D eigenvalue weighted by Gasteiger charge is 2.28. The Kier molecular flexibility index (Phi) is 5.76. The Balaban J connectivity index is 1.87. The van der Waals surface area contributed by atoms with Crippen molar-refractivity contribution in [1.82, 2.24) is 24.6 Å². The Labute approximate surface area is 182 Å². The van der Waals surface area contributed by atoms with Gasteiger partial charge >= 0.3 is 0 Å². The number of anilines is 1. The number of nitrogens with two attached hydrogens (primary N) is 1. The highest BCUT2D eigenvalue weighted by molar-refractivity contribution is 6.32. The zero-order chi connectivity index (χ0) is 22.1. The molecule has 3 heterocycles. The highest BCUT2D eigenvalue weighted by atomic mass is 35.5. The quantitative estimate of drug-likeness (QED) is 0.589. The molecule has 1 amide bonds. The molecular formula is C21H20ClFN6O2. The first kappa shape index (κ1) is 21.0. The maximum absolute atomic E-state index is 13.5. The molecule has 0 spiro atoms. The topological polar surface area (TPSA) is 110 Å². The molecule has 1 saturated heterocycles. The molecule has 2 aromatic heterocycles. The number of halogens is 2. The summed E-state index contributed by atoms with van der Waals surface area (Å²) in [4.78, 5) is 22.8. The molecule has 10 heteroatoms. The third-order valence-electron chi connectivity index (χ3n) is 4.97. The molecule has 0 unspecified atom stereocenters. The number of carbonyl (C=O) groups is 1. The molecule has 1 atom stereocenters. The molecule has 1 aliphatic rings. The van der Waals surface area contributed by atoms with E-state index < -0.39 is 12.3 Å². The van der Waals surface area contributed by atoms with E-state index >= 15 is 0 Å². The van der Waals surface area contributed by atoms with E-state index in [1.807, 2.05) is 0 Å². The summed E-state index contributed by atoms with van der Waals surface area (Å²) < 4.78 is 15.0. The van der Waals surface area contributed by atoms with Crippen LogP contribution in [0.15, 0.2) is 24.4 Å². The first-order valence-corrected chi connectivity index (χ1v) is 10.2. The van der Waals surface area contributed by atoms with Gasteiger partial charge in [-0.1, -0.05) is 23.4 Å². The minimum atomic E-state index is -0.892. The van der Waals surface area contributed by atoms with Crippen LogP contribution in [0.3, 0.4) is 0 Å². The van der Waals surface area contributed by atoms with Crippen LogP contribution in [-0.4, -0.2) is 61.0 Å². The standard InChI is InChI=1S/C21H20ClFN6O2/c1-12(30)2-3-13-4-5-15-17(10-13)29(19-16(22)11-25-21(24)26-19)27-18(15)20(31)28-8-6-14(23)7-9-28/h4-5,10-12,14,30H,6-9H2,1H3,(H2,24,25,26)/t12-/m1/s1. The summed E-state index contributed by atoms with van der Waals surface area (Å²) in [6.45, 7) is 2.22. The summed E-state index contributed by atoms with van der Waals surface area (Å²) in [5.74, 6) is 5.50. The van der Waals surface area contributed by atoms with Gasteiger partial charge in [0.2, 0.25) is 5.95 Å². The van der Waals surface area contributed by atoms with Gasteiger partial charge in [0, 0.05) is 24.0 Å². The predicted molar refractivity (Wildman–Crippen MR) is 115 cm³/mol. The van der Waals surface area contributed by atoms with Gasteiger partial charge in [-0.05, 0) is 38.0 Å². The van der Waals surface area contributed by atoms with E-state index in [1.165, 1.54) is 10.9 Å². The maximum atomic E-state index is 13.5. The van der Waals surface area contributed by atoms with Crippen molar-refractivity contribution in [3.63, 3.8) is 0 Å². The van der Waals surface area contributed by atoms with Crippen molar-refractivity contribution in [3.8, 4) is 17.7 Å². The van der Waals surface area contributed by atoms with Crippen molar-refractivity contribution in [2.75, 3.05) is 18.8 Å². The van der Waals surface area contributed by atoms with Crippen LogP contribution in [0.2, 0.25) is 5.02 Å². The predicted octanol–water partition coefficient (Wildman–Crippen LogP) is 2.36. The van der Waals surface area contributed by atoms with E-state index in [0.717, 1.165) is 0 Å². The molecule has 1 aromatic carbocycles. The molecule has 0 aliphatic carbocycles. The van der Waals surface area contributed by atoms with Gasteiger partial charge in [0.15, 0.2) is 11.5 Å². The Hall–Kier alpha value is -3.22. The number of likely N-dealkylation sites (tertiary alicyclic amines) is 1. The average molecular weight is 443 g/mol. The molecule has 0 radical (unpaired) electrons. The minimum Gasteiger partial charge on any atom is -0.381 e. The zero-order valence-corrected chi connectivity index (χ0v) is 17.5. The van der Waals surface area contributed by atoms with Gasteiger partial charge in [0.25, 0.3) is 5.91 Å². The normalized spacial score (nSPS) is 15.5. The summed E-state index contributed by atoms with van der Waals surface area (Å²) in [5.41, 5.74) is 7.10. The van der Waals surface area contributed by atoms with Crippen molar-refractivity contribution < 1.29 is 14.3 Å². The van der Waals surface area contributed by atoms with E-state index in [-0.39, 0.29) is 28.4 Å². The lowest BCUT2D eigenvalue weighted by Gasteiger charge is -2.28. The fourth-order valence-electron chi connectivity index (χ4n) is 3.42. The second-order valence-electron chi connectivity index (χ2n) is 7.30. The number of piperidine rings is 1. The molecule has 8 nitrogen and oxygen atoms in total. The van der Waals surface area contributed by atoms with E-state index in [0.29, 0.717) is 42.4 Å². The number of benzene rings is 1. The maximum Gasteiger partial charge on any atom is 0.275 e. The lowest BCUT2D eigenvalue weighted by atomic mass is 10.1. The average Bonchev–Trinajstić information content (AvgIpc) is 3.12. The van der Waals surface area contributed by atoms with Crippen LogP contribution in [-0.2, 0) is 0 Å². The molecule has 1 aliphatic heterocycles. The lowest BCUT2D eigenvalue weighted by Crippen LogP contribution is -2.39. The fraction of sp³-hybridized carbons (Fsp3) is 0.333. The summed E-state index contributed by atoms with van der Waals surface area (Å²) in [6.07, 6.45) is 0.288. The molecular weight excluding hydrogens is 423 g/mol. The van der Waals surface area contributed by atoms with Crippen LogP contribution < -0.4 is 5.73 Å². The van der Waals surface area contributed by atoms with Crippen molar-refractivity contribution >= 4 is 34.4 Å². The number of hydrogen-bond acceptors (Lipinski definition) is 6. The van der Waals surface area contributed by atoms with Gasteiger partial charge in [-0.3, -0.25) is 4.79 Å². The Morgan fingerprint density at radius 2 is 2.13 bits per heavy atom. The highest BCUT2D eigenvalue weighted by Crippen LogP contribution is 2.28. The number of fused-ring (bicyclic) bond motifs is 1. The molecule has 3 N–H and O–H groups in total. The van der Waals surface area contributed by atoms with Crippen LogP contribution in [0.1, 0.15) is 35.8 Å². The molecule has 3 aromatic rings. The van der Waals surface area contributed by atoms with E-state index in [1.54, 1.807) is 30.0 Å². The number of hydrogen-bond donors (Lipinski definition) is 2. The van der Waals surface area contributed by atoms with Crippen LogP contribution in [0.4, 0.5) is 10.3 Å². The van der Waals surface area contributed by atoms with Crippen molar-refractivity contribution in [2.24, 2.45) is 0 Å². The minimum absolute atomic E-state index is 0.00555.